The summed E-state index contributed by atoms with van der Waals surface area (Å²) in [6.07, 6.45) is 0. The lowest BCUT2D eigenvalue weighted by Crippen LogP contribution is -2.02. The highest BCUT2D eigenvalue weighted by Crippen LogP contribution is 2.26. The Morgan fingerprint density at radius 1 is 1.00 bits per heavy atom. The summed E-state index contributed by atoms with van der Waals surface area (Å²) in [5.41, 5.74) is 2.56. The number of nitro groups is 1. The van der Waals surface area contributed by atoms with Crippen molar-refractivity contribution in [3.8, 4) is 11.5 Å². The van der Waals surface area contributed by atoms with Gasteiger partial charge in [-0.2, -0.15) is 0 Å². The van der Waals surface area contributed by atoms with E-state index in [1.54, 1.807) is 13.0 Å². The van der Waals surface area contributed by atoms with Gasteiger partial charge in [0.1, 0.15) is 11.5 Å². The van der Waals surface area contributed by atoms with Crippen LogP contribution in [0.15, 0.2) is 71.2 Å². The molecule has 0 aliphatic rings. The number of anilines is 1. The quantitative estimate of drug-likeness (QED) is 0.394. The average molecular weight is 413 g/mol. The first-order chi connectivity index (χ1) is 12.5. The smallest absolute Gasteiger partial charge is 0.274 e. The molecule has 0 aliphatic heterocycles. The van der Waals surface area contributed by atoms with Crippen LogP contribution in [0.1, 0.15) is 11.1 Å². The van der Waals surface area contributed by atoms with Crippen molar-refractivity contribution < 1.29 is 9.66 Å². The fourth-order valence-electron chi connectivity index (χ4n) is 2.52. The molecule has 1 N–H and O–H groups in total. The number of nitrogens with zero attached hydrogens (tertiary/aromatic N) is 1. The maximum absolute atomic E-state index is 11.0. The number of nitrogens with one attached hydrogen (secondary N) is 1. The minimum absolute atomic E-state index is 0.119. The molecule has 0 saturated heterocycles. The van der Waals surface area contributed by atoms with Crippen molar-refractivity contribution in [3.05, 3.63) is 92.4 Å². The van der Waals surface area contributed by atoms with E-state index in [-0.39, 0.29) is 10.6 Å². The first-order valence-electron chi connectivity index (χ1n) is 8.03. The van der Waals surface area contributed by atoms with Crippen LogP contribution in [0.4, 0.5) is 11.4 Å². The molecule has 0 amide bonds. The number of ether oxygens (including phenoxy) is 1. The Labute approximate surface area is 159 Å². The Morgan fingerprint density at radius 2 is 1.62 bits per heavy atom. The van der Waals surface area contributed by atoms with Crippen LogP contribution in [0.25, 0.3) is 0 Å². The summed E-state index contributed by atoms with van der Waals surface area (Å²) in [6, 6.07) is 20.4. The summed E-state index contributed by atoms with van der Waals surface area (Å²) < 4.78 is 6.80. The molecule has 0 atom stereocenters. The zero-order chi connectivity index (χ0) is 18.5. The SMILES string of the molecule is Cc1c(NCc2ccc(Oc3ccc(Br)cc3)cc2)cccc1[N+](=O)[O-]. The predicted octanol–water partition coefficient (Wildman–Crippen LogP) is 6.07. The third-order valence-corrected chi connectivity index (χ3v) is 4.49. The zero-order valence-corrected chi connectivity index (χ0v) is 15.7. The topological polar surface area (TPSA) is 64.4 Å². The van der Waals surface area contributed by atoms with Gasteiger partial charge in [0.2, 0.25) is 0 Å². The maximum atomic E-state index is 11.0. The fraction of sp³-hybridized carbons (Fsp3) is 0.100. The van der Waals surface area contributed by atoms with Gasteiger partial charge in [-0.15, -0.1) is 0 Å². The standard InChI is InChI=1S/C20H17BrN2O3/c1-14-19(3-2-4-20(14)23(24)25)22-13-15-5-9-17(10-6-15)26-18-11-7-16(21)8-12-18/h2-12,22H,13H2,1H3. The number of hydrogen-bond donors (Lipinski definition) is 1. The lowest BCUT2D eigenvalue weighted by atomic mass is 10.1. The molecule has 6 heteroatoms. The first kappa shape index (κ1) is 17.9. The molecule has 5 nitrogen and oxygen atoms in total. The molecule has 0 aliphatic carbocycles. The highest BCUT2D eigenvalue weighted by molar-refractivity contribution is 9.10. The molecule has 3 rings (SSSR count). The minimum Gasteiger partial charge on any atom is -0.457 e. The van der Waals surface area contributed by atoms with Crippen molar-refractivity contribution in [1.82, 2.24) is 0 Å². The van der Waals surface area contributed by atoms with Crippen LogP contribution in [-0.2, 0) is 6.54 Å². The van der Waals surface area contributed by atoms with Gasteiger partial charge in [0.25, 0.3) is 5.69 Å². The monoisotopic (exact) mass is 412 g/mol. The molecule has 0 fully saturated rings. The second-order valence-electron chi connectivity index (χ2n) is 5.76. The lowest BCUT2D eigenvalue weighted by Gasteiger charge is -2.11. The number of benzene rings is 3. The van der Waals surface area contributed by atoms with E-state index in [1.807, 2.05) is 54.6 Å². The van der Waals surface area contributed by atoms with E-state index in [2.05, 4.69) is 21.2 Å². The molecular formula is C20H17BrN2O3. The van der Waals surface area contributed by atoms with Gasteiger partial charge >= 0.3 is 0 Å². The van der Waals surface area contributed by atoms with Gasteiger partial charge in [0.15, 0.2) is 0 Å². The summed E-state index contributed by atoms with van der Waals surface area (Å²) in [4.78, 5) is 10.6. The van der Waals surface area contributed by atoms with Crippen molar-refractivity contribution >= 4 is 27.3 Å². The Morgan fingerprint density at radius 3 is 2.23 bits per heavy atom. The van der Waals surface area contributed by atoms with Gasteiger partial charge in [-0.25, -0.2) is 0 Å². The molecule has 0 heterocycles. The molecule has 26 heavy (non-hydrogen) atoms. The van der Waals surface area contributed by atoms with Gasteiger partial charge in [-0.1, -0.05) is 34.1 Å². The Hall–Kier alpha value is -2.86. The molecule has 0 unspecified atom stereocenters. The number of halogens is 1. The molecule has 0 bridgehead atoms. The highest BCUT2D eigenvalue weighted by Gasteiger charge is 2.12. The van der Waals surface area contributed by atoms with E-state index in [4.69, 9.17) is 4.74 Å². The van der Waals surface area contributed by atoms with Crippen LogP contribution in [0, 0.1) is 17.0 Å². The molecular weight excluding hydrogens is 396 g/mol. The van der Waals surface area contributed by atoms with Crippen LogP contribution in [0.5, 0.6) is 11.5 Å². The van der Waals surface area contributed by atoms with Crippen molar-refractivity contribution in [2.45, 2.75) is 13.5 Å². The van der Waals surface area contributed by atoms with Crippen LogP contribution < -0.4 is 10.1 Å². The molecule has 0 radical (unpaired) electrons. The molecule has 0 aromatic heterocycles. The largest absolute Gasteiger partial charge is 0.457 e. The Balaban J connectivity index is 1.64. The van der Waals surface area contributed by atoms with Gasteiger partial charge < -0.3 is 10.1 Å². The fourth-order valence-corrected chi connectivity index (χ4v) is 2.79. The van der Waals surface area contributed by atoms with Crippen LogP contribution in [0.3, 0.4) is 0 Å². The second-order valence-corrected chi connectivity index (χ2v) is 6.68. The van der Waals surface area contributed by atoms with Crippen LogP contribution in [0.2, 0.25) is 0 Å². The van der Waals surface area contributed by atoms with Crippen molar-refractivity contribution in [2.75, 3.05) is 5.32 Å². The summed E-state index contributed by atoms with van der Waals surface area (Å²) in [7, 11) is 0. The van der Waals surface area contributed by atoms with Crippen LogP contribution >= 0.6 is 15.9 Å². The third kappa shape index (κ3) is 4.40. The number of nitro benzene ring substituents is 1. The number of hydrogen-bond acceptors (Lipinski definition) is 4. The van der Waals surface area contributed by atoms with Crippen molar-refractivity contribution in [3.63, 3.8) is 0 Å². The lowest BCUT2D eigenvalue weighted by molar-refractivity contribution is -0.385. The van der Waals surface area contributed by atoms with Gasteiger partial charge in [0.05, 0.1) is 4.92 Å². The summed E-state index contributed by atoms with van der Waals surface area (Å²) in [5, 5.41) is 14.3. The number of rotatable bonds is 6. The predicted molar refractivity (Wildman–Crippen MR) is 106 cm³/mol. The zero-order valence-electron chi connectivity index (χ0n) is 14.1. The molecule has 3 aromatic rings. The highest BCUT2D eigenvalue weighted by atomic mass is 79.9. The van der Waals surface area contributed by atoms with Crippen LogP contribution in [-0.4, -0.2) is 4.92 Å². The molecule has 3 aromatic carbocycles. The first-order valence-corrected chi connectivity index (χ1v) is 8.82. The van der Waals surface area contributed by atoms with E-state index in [1.165, 1.54) is 6.07 Å². The van der Waals surface area contributed by atoms with E-state index >= 15 is 0 Å². The average Bonchev–Trinajstić information content (AvgIpc) is 2.64. The van der Waals surface area contributed by atoms with Crippen molar-refractivity contribution in [2.24, 2.45) is 0 Å². The minimum atomic E-state index is -0.366. The molecule has 0 saturated carbocycles. The van der Waals surface area contributed by atoms with Gasteiger partial charge in [-0.3, -0.25) is 10.1 Å². The summed E-state index contributed by atoms with van der Waals surface area (Å²) in [6.45, 7) is 2.32. The molecule has 0 spiro atoms. The summed E-state index contributed by atoms with van der Waals surface area (Å²) >= 11 is 3.39. The Bertz CT molecular complexity index is 909. The van der Waals surface area contributed by atoms with E-state index in [0.29, 0.717) is 12.1 Å². The Kier molecular flexibility index (Phi) is 5.53. The van der Waals surface area contributed by atoms with Gasteiger partial charge in [0, 0.05) is 28.3 Å². The van der Waals surface area contributed by atoms with E-state index in [9.17, 15) is 10.1 Å². The molecule has 132 valence electrons. The third-order valence-electron chi connectivity index (χ3n) is 3.96. The maximum Gasteiger partial charge on any atom is 0.274 e. The van der Waals surface area contributed by atoms with Gasteiger partial charge in [-0.05, 0) is 55.0 Å². The normalized spacial score (nSPS) is 10.4. The second kappa shape index (κ2) is 8.01. The van der Waals surface area contributed by atoms with Crippen molar-refractivity contribution in [1.29, 1.82) is 0 Å². The van der Waals surface area contributed by atoms with E-state index in [0.717, 1.165) is 27.2 Å². The van der Waals surface area contributed by atoms with E-state index < -0.39 is 0 Å². The summed E-state index contributed by atoms with van der Waals surface area (Å²) in [5.74, 6) is 1.52.